The first-order valence-electron chi connectivity index (χ1n) is 8.34. The van der Waals surface area contributed by atoms with Gasteiger partial charge in [0.15, 0.2) is 0 Å². The van der Waals surface area contributed by atoms with Crippen LogP contribution in [0.25, 0.3) is 10.9 Å². The molecule has 2 aromatic rings. The lowest BCUT2D eigenvalue weighted by molar-refractivity contribution is -0.140. The molecule has 3 N–H and O–H groups in total. The zero-order valence-corrected chi connectivity index (χ0v) is 15.4. The van der Waals surface area contributed by atoms with Crippen molar-refractivity contribution in [2.24, 2.45) is 0 Å². The van der Waals surface area contributed by atoms with E-state index < -0.39 is 17.9 Å². The van der Waals surface area contributed by atoms with Crippen molar-refractivity contribution in [3.05, 3.63) is 35.0 Å². The summed E-state index contributed by atoms with van der Waals surface area (Å²) in [5.41, 5.74) is 3.04. The van der Waals surface area contributed by atoms with E-state index in [0.717, 1.165) is 22.0 Å². The second-order valence-corrected chi connectivity index (χ2v) is 7.34. The number of aliphatic carboxylic acids is 1. The summed E-state index contributed by atoms with van der Waals surface area (Å²) in [6.07, 6.45) is 0.205. The first-order chi connectivity index (χ1) is 11.6. The van der Waals surface area contributed by atoms with Gasteiger partial charge in [-0.15, -0.1) is 0 Å². The Morgan fingerprint density at radius 1 is 1.24 bits per heavy atom. The Hall–Kier alpha value is -2.34. The van der Waals surface area contributed by atoms with Crippen LogP contribution in [0.2, 0.25) is 0 Å². The topological polar surface area (TPSA) is 91.4 Å². The molecule has 6 nitrogen and oxygen atoms in total. The number of rotatable bonds is 6. The highest BCUT2D eigenvalue weighted by molar-refractivity contribution is 6.00. The number of nitrogens with one attached hydrogen (secondary N) is 2. The summed E-state index contributed by atoms with van der Waals surface area (Å²) < 4.78 is 5.55. The number of aromatic amines is 1. The van der Waals surface area contributed by atoms with Gasteiger partial charge in [-0.3, -0.25) is 4.79 Å². The summed E-state index contributed by atoms with van der Waals surface area (Å²) in [4.78, 5) is 26.9. The molecule has 0 aliphatic rings. The SMILES string of the molecule is Cc1cc(C)c2cc(C(=O)NC(CCOC(C)(C)C)C(=O)O)[nH]c2c1. The highest BCUT2D eigenvalue weighted by atomic mass is 16.5. The third kappa shape index (κ3) is 5.06. The first kappa shape index (κ1) is 19.0. The summed E-state index contributed by atoms with van der Waals surface area (Å²) in [5.74, 6) is -1.51. The standard InChI is InChI=1S/C19H26N2O4/c1-11-8-12(2)13-10-16(20-15(13)9-11)17(22)21-14(18(23)24)6-7-25-19(3,4)5/h8-10,14,20H,6-7H2,1-5H3,(H,21,22)(H,23,24). The van der Waals surface area contributed by atoms with Crippen molar-refractivity contribution >= 4 is 22.8 Å². The molecule has 0 saturated carbocycles. The van der Waals surface area contributed by atoms with Crippen LogP contribution in [0, 0.1) is 13.8 Å². The molecular weight excluding hydrogens is 320 g/mol. The Balaban J connectivity index is 2.10. The number of aryl methyl sites for hydroxylation is 2. The van der Waals surface area contributed by atoms with Gasteiger partial charge in [-0.2, -0.15) is 0 Å². The van der Waals surface area contributed by atoms with Crippen LogP contribution in [0.5, 0.6) is 0 Å². The summed E-state index contributed by atoms with van der Waals surface area (Å²) in [6.45, 7) is 9.92. The zero-order valence-electron chi connectivity index (χ0n) is 15.4. The van der Waals surface area contributed by atoms with Crippen molar-refractivity contribution in [2.75, 3.05) is 6.61 Å². The molecule has 0 radical (unpaired) electrons. The number of carbonyl (C=O) groups is 2. The van der Waals surface area contributed by atoms with Crippen LogP contribution in [-0.4, -0.2) is 40.2 Å². The minimum atomic E-state index is -1.08. The van der Waals surface area contributed by atoms with Gasteiger partial charge in [-0.05, 0) is 57.9 Å². The fraction of sp³-hybridized carbons (Fsp3) is 0.474. The molecule has 0 aliphatic heterocycles. The summed E-state index contributed by atoms with van der Waals surface area (Å²) in [7, 11) is 0. The molecule has 0 saturated heterocycles. The minimum absolute atomic E-state index is 0.205. The number of carbonyl (C=O) groups excluding carboxylic acids is 1. The van der Waals surface area contributed by atoms with Crippen LogP contribution < -0.4 is 5.32 Å². The predicted octanol–water partition coefficient (Wildman–Crippen LogP) is 3.17. The van der Waals surface area contributed by atoms with E-state index in [-0.39, 0.29) is 18.6 Å². The van der Waals surface area contributed by atoms with E-state index in [1.807, 2.05) is 46.8 Å². The second-order valence-electron chi connectivity index (χ2n) is 7.34. The quantitative estimate of drug-likeness (QED) is 0.749. The monoisotopic (exact) mass is 346 g/mol. The average molecular weight is 346 g/mol. The van der Waals surface area contributed by atoms with Crippen molar-refractivity contribution in [1.29, 1.82) is 0 Å². The van der Waals surface area contributed by atoms with E-state index in [2.05, 4.69) is 10.3 Å². The normalized spacial score (nSPS) is 13.0. The van der Waals surface area contributed by atoms with Gasteiger partial charge in [0.1, 0.15) is 11.7 Å². The first-order valence-corrected chi connectivity index (χ1v) is 8.34. The molecule has 0 fully saturated rings. The zero-order chi connectivity index (χ0) is 18.8. The van der Waals surface area contributed by atoms with E-state index in [9.17, 15) is 14.7 Å². The van der Waals surface area contributed by atoms with Gasteiger partial charge < -0.3 is 20.1 Å². The third-order valence-corrected chi connectivity index (χ3v) is 3.88. The largest absolute Gasteiger partial charge is 0.480 e. The Labute approximate surface area is 147 Å². The number of hydrogen-bond donors (Lipinski definition) is 3. The fourth-order valence-electron chi connectivity index (χ4n) is 2.70. The molecule has 1 amide bonds. The number of hydrogen-bond acceptors (Lipinski definition) is 3. The van der Waals surface area contributed by atoms with Crippen LogP contribution in [0.4, 0.5) is 0 Å². The van der Waals surface area contributed by atoms with Crippen molar-refractivity contribution in [3.63, 3.8) is 0 Å². The van der Waals surface area contributed by atoms with Crippen molar-refractivity contribution < 1.29 is 19.4 Å². The number of benzene rings is 1. The number of carboxylic acid groups (broad SMARTS) is 1. The molecule has 25 heavy (non-hydrogen) atoms. The van der Waals surface area contributed by atoms with Gasteiger partial charge in [0, 0.05) is 23.9 Å². The number of fused-ring (bicyclic) bond motifs is 1. The van der Waals surface area contributed by atoms with Gasteiger partial charge >= 0.3 is 5.97 Å². The lowest BCUT2D eigenvalue weighted by Gasteiger charge is -2.21. The van der Waals surface area contributed by atoms with Gasteiger partial charge in [-0.1, -0.05) is 6.07 Å². The summed E-state index contributed by atoms with van der Waals surface area (Å²) >= 11 is 0. The maximum Gasteiger partial charge on any atom is 0.326 e. The molecular formula is C19H26N2O4. The maximum atomic E-state index is 12.4. The van der Waals surface area contributed by atoms with Gasteiger partial charge in [-0.25, -0.2) is 4.79 Å². The molecule has 0 spiro atoms. The van der Waals surface area contributed by atoms with E-state index in [0.29, 0.717) is 5.69 Å². The van der Waals surface area contributed by atoms with Crippen LogP contribution in [0.3, 0.4) is 0 Å². The Morgan fingerprint density at radius 2 is 1.92 bits per heavy atom. The van der Waals surface area contributed by atoms with Crippen molar-refractivity contribution in [2.45, 2.75) is 52.7 Å². The minimum Gasteiger partial charge on any atom is -0.480 e. The molecule has 2 rings (SSSR count). The van der Waals surface area contributed by atoms with Gasteiger partial charge in [0.05, 0.1) is 5.60 Å². The molecule has 1 aromatic heterocycles. The average Bonchev–Trinajstić information content (AvgIpc) is 2.88. The molecule has 1 aromatic carbocycles. The number of ether oxygens (including phenoxy) is 1. The molecule has 1 atom stereocenters. The molecule has 0 aliphatic carbocycles. The number of carboxylic acids is 1. The molecule has 0 bridgehead atoms. The second kappa shape index (κ2) is 7.27. The summed E-state index contributed by atoms with van der Waals surface area (Å²) in [5, 5.41) is 12.9. The van der Waals surface area contributed by atoms with Crippen LogP contribution in [0.15, 0.2) is 18.2 Å². The summed E-state index contributed by atoms with van der Waals surface area (Å²) in [6, 6.07) is 4.76. The number of aromatic nitrogens is 1. The molecule has 1 unspecified atom stereocenters. The van der Waals surface area contributed by atoms with E-state index >= 15 is 0 Å². The van der Waals surface area contributed by atoms with Crippen molar-refractivity contribution in [1.82, 2.24) is 10.3 Å². The number of amides is 1. The lowest BCUT2D eigenvalue weighted by atomic mass is 10.1. The van der Waals surface area contributed by atoms with Crippen LogP contribution >= 0.6 is 0 Å². The van der Waals surface area contributed by atoms with Gasteiger partial charge in [0.2, 0.25) is 0 Å². The molecule has 6 heteroatoms. The van der Waals surface area contributed by atoms with Gasteiger partial charge in [0.25, 0.3) is 5.91 Å². The van der Waals surface area contributed by atoms with Crippen LogP contribution in [0.1, 0.15) is 48.8 Å². The lowest BCUT2D eigenvalue weighted by Crippen LogP contribution is -2.42. The van der Waals surface area contributed by atoms with Crippen molar-refractivity contribution in [3.8, 4) is 0 Å². The Morgan fingerprint density at radius 3 is 2.52 bits per heavy atom. The number of H-pyrrole nitrogens is 1. The highest BCUT2D eigenvalue weighted by Gasteiger charge is 2.22. The third-order valence-electron chi connectivity index (χ3n) is 3.88. The smallest absolute Gasteiger partial charge is 0.326 e. The predicted molar refractivity (Wildman–Crippen MR) is 97.0 cm³/mol. The van der Waals surface area contributed by atoms with E-state index in [1.54, 1.807) is 6.07 Å². The highest BCUT2D eigenvalue weighted by Crippen LogP contribution is 2.21. The molecule has 136 valence electrons. The maximum absolute atomic E-state index is 12.4. The van der Waals surface area contributed by atoms with E-state index in [1.165, 1.54) is 0 Å². The Bertz CT molecular complexity index is 787. The van der Waals surface area contributed by atoms with Crippen LogP contribution in [-0.2, 0) is 9.53 Å². The fourth-order valence-corrected chi connectivity index (χ4v) is 2.70. The Kier molecular flexibility index (Phi) is 5.52. The molecule has 1 heterocycles. The van der Waals surface area contributed by atoms with E-state index in [4.69, 9.17) is 4.74 Å².